The first-order valence-corrected chi connectivity index (χ1v) is 5.43. The molecular formula is C11H12Cl2FNO. The zero-order chi connectivity index (χ0) is 12.5. The normalized spacial score (nSPS) is 11.4. The Morgan fingerprint density at radius 3 is 2.06 bits per heavy atom. The molecule has 1 aromatic carbocycles. The molecule has 0 radical (unpaired) electrons. The Labute approximate surface area is 104 Å². The van der Waals surface area contributed by atoms with E-state index in [0.29, 0.717) is 5.69 Å². The fraction of sp³-hybridized carbons (Fsp3) is 0.364. The number of hydrogen-bond donors (Lipinski definition) is 1. The summed E-state index contributed by atoms with van der Waals surface area (Å²) in [5.41, 5.74) is -0.149. The molecular weight excluding hydrogens is 252 g/mol. The first-order chi connectivity index (χ1) is 7.21. The molecule has 1 amide bonds. The average molecular weight is 264 g/mol. The minimum absolute atomic E-state index is 0.114. The Bertz CT molecular complexity index is 403. The highest BCUT2D eigenvalue weighted by Gasteiger charge is 2.21. The lowest BCUT2D eigenvalue weighted by Crippen LogP contribution is -2.27. The summed E-state index contributed by atoms with van der Waals surface area (Å²) in [5.74, 6) is -0.872. The molecule has 0 saturated carbocycles. The third-order valence-electron chi connectivity index (χ3n) is 1.92. The highest BCUT2D eigenvalue weighted by Crippen LogP contribution is 2.28. The Morgan fingerprint density at radius 2 is 1.69 bits per heavy atom. The van der Waals surface area contributed by atoms with Crippen LogP contribution in [0.1, 0.15) is 20.8 Å². The highest BCUT2D eigenvalue weighted by molar-refractivity contribution is 6.35. The van der Waals surface area contributed by atoms with Gasteiger partial charge in [0, 0.05) is 11.1 Å². The Balaban J connectivity index is 2.96. The van der Waals surface area contributed by atoms with Crippen LogP contribution in [0.2, 0.25) is 10.0 Å². The molecule has 0 aromatic heterocycles. The average Bonchev–Trinajstić information content (AvgIpc) is 2.12. The van der Waals surface area contributed by atoms with Crippen LogP contribution in [0.25, 0.3) is 0 Å². The smallest absolute Gasteiger partial charge is 0.229 e. The van der Waals surface area contributed by atoms with E-state index in [2.05, 4.69) is 5.32 Å². The van der Waals surface area contributed by atoms with E-state index in [-0.39, 0.29) is 16.0 Å². The summed E-state index contributed by atoms with van der Waals surface area (Å²) < 4.78 is 13.1. The summed E-state index contributed by atoms with van der Waals surface area (Å²) in [7, 11) is 0. The molecule has 0 fully saturated rings. The third-order valence-corrected chi connectivity index (χ3v) is 2.47. The summed E-state index contributed by atoms with van der Waals surface area (Å²) >= 11 is 11.2. The first kappa shape index (κ1) is 13.3. The van der Waals surface area contributed by atoms with E-state index >= 15 is 0 Å². The van der Waals surface area contributed by atoms with Crippen LogP contribution in [0.4, 0.5) is 10.1 Å². The molecule has 5 heteroatoms. The van der Waals surface area contributed by atoms with Gasteiger partial charge in [-0.05, 0) is 12.1 Å². The van der Waals surface area contributed by atoms with E-state index in [1.54, 1.807) is 20.8 Å². The highest BCUT2D eigenvalue weighted by atomic mass is 35.5. The quantitative estimate of drug-likeness (QED) is 0.759. The van der Waals surface area contributed by atoms with Gasteiger partial charge in [0.2, 0.25) is 5.91 Å². The van der Waals surface area contributed by atoms with E-state index in [1.165, 1.54) is 12.1 Å². The van der Waals surface area contributed by atoms with E-state index < -0.39 is 11.2 Å². The molecule has 1 aromatic rings. The number of amides is 1. The molecule has 0 atom stereocenters. The number of hydrogen-bond acceptors (Lipinski definition) is 1. The summed E-state index contributed by atoms with van der Waals surface area (Å²) in [5, 5.41) is 2.39. The van der Waals surface area contributed by atoms with Crippen molar-refractivity contribution < 1.29 is 9.18 Å². The van der Waals surface area contributed by atoms with E-state index in [0.717, 1.165) is 0 Å². The standard InChI is InChI=1S/C11H12Cl2FNO/c1-11(2,3)10(16)15-6-4-7(12)9(14)8(13)5-6/h4-5H,1-3H3,(H,15,16). The first-order valence-electron chi connectivity index (χ1n) is 4.68. The van der Waals surface area contributed by atoms with Crippen LogP contribution in [0.15, 0.2) is 12.1 Å². The number of rotatable bonds is 1. The Kier molecular flexibility index (Phi) is 3.81. The predicted molar refractivity (Wildman–Crippen MR) is 64.5 cm³/mol. The van der Waals surface area contributed by atoms with Crippen LogP contribution >= 0.6 is 23.2 Å². The summed E-state index contributed by atoms with van der Waals surface area (Å²) in [6.45, 7) is 5.32. The second kappa shape index (κ2) is 4.60. The monoisotopic (exact) mass is 263 g/mol. The van der Waals surface area contributed by atoms with Gasteiger partial charge in [0.05, 0.1) is 10.0 Å². The lowest BCUT2D eigenvalue weighted by Gasteiger charge is -2.18. The minimum Gasteiger partial charge on any atom is -0.326 e. The number of halogens is 3. The predicted octanol–water partition coefficient (Wildman–Crippen LogP) is 4.12. The minimum atomic E-state index is -0.683. The van der Waals surface area contributed by atoms with Crippen molar-refractivity contribution in [3.05, 3.63) is 28.0 Å². The fourth-order valence-corrected chi connectivity index (χ4v) is 1.43. The Morgan fingerprint density at radius 1 is 1.25 bits per heavy atom. The van der Waals surface area contributed by atoms with Crippen LogP contribution in [-0.4, -0.2) is 5.91 Å². The molecule has 1 rings (SSSR count). The van der Waals surface area contributed by atoms with Gasteiger partial charge in [0.25, 0.3) is 0 Å². The molecule has 0 bridgehead atoms. The maximum absolute atomic E-state index is 13.1. The second-order valence-electron chi connectivity index (χ2n) is 4.46. The molecule has 0 heterocycles. The third kappa shape index (κ3) is 3.09. The molecule has 16 heavy (non-hydrogen) atoms. The van der Waals surface area contributed by atoms with Gasteiger partial charge in [-0.1, -0.05) is 44.0 Å². The molecule has 0 spiro atoms. The summed E-state index contributed by atoms with van der Waals surface area (Å²) in [6.07, 6.45) is 0. The SMILES string of the molecule is CC(C)(C)C(=O)Nc1cc(Cl)c(F)c(Cl)c1. The van der Waals surface area contributed by atoms with Crippen molar-refractivity contribution in [1.82, 2.24) is 0 Å². The second-order valence-corrected chi connectivity index (χ2v) is 5.27. The van der Waals surface area contributed by atoms with Crippen molar-refractivity contribution in [2.45, 2.75) is 20.8 Å². The van der Waals surface area contributed by atoms with Gasteiger partial charge in [-0.15, -0.1) is 0 Å². The van der Waals surface area contributed by atoms with Gasteiger partial charge in [-0.3, -0.25) is 4.79 Å². The molecule has 0 aliphatic heterocycles. The van der Waals surface area contributed by atoms with Gasteiger partial charge in [0.1, 0.15) is 0 Å². The van der Waals surface area contributed by atoms with Crippen LogP contribution in [-0.2, 0) is 4.79 Å². The van der Waals surface area contributed by atoms with Crippen LogP contribution in [0.3, 0.4) is 0 Å². The molecule has 88 valence electrons. The number of carbonyl (C=O) groups is 1. The molecule has 2 nitrogen and oxygen atoms in total. The molecule has 1 N–H and O–H groups in total. The van der Waals surface area contributed by atoms with Crippen molar-refractivity contribution >= 4 is 34.8 Å². The maximum Gasteiger partial charge on any atom is 0.229 e. The zero-order valence-corrected chi connectivity index (χ0v) is 10.7. The topological polar surface area (TPSA) is 29.1 Å². The van der Waals surface area contributed by atoms with E-state index in [9.17, 15) is 9.18 Å². The zero-order valence-electron chi connectivity index (χ0n) is 9.20. The Hall–Kier alpha value is -0.800. The fourth-order valence-electron chi connectivity index (χ4n) is 0.946. The van der Waals surface area contributed by atoms with E-state index in [4.69, 9.17) is 23.2 Å². The number of carbonyl (C=O) groups excluding carboxylic acids is 1. The summed E-state index contributed by atoms with van der Waals surface area (Å²) in [4.78, 5) is 11.7. The van der Waals surface area contributed by atoms with Gasteiger partial charge >= 0.3 is 0 Å². The van der Waals surface area contributed by atoms with Crippen molar-refractivity contribution in [1.29, 1.82) is 0 Å². The van der Waals surface area contributed by atoms with Crippen molar-refractivity contribution in [2.24, 2.45) is 5.41 Å². The van der Waals surface area contributed by atoms with Crippen molar-refractivity contribution in [3.8, 4) is 0 Å². The van der Waals surface area contributed by atoms with Gasteiger partial charge in [-0.25, -0.2) is 4.39 Å². The molecule has 0 aliphatic rings. The van der Waals surface area contributed by atoms with Crippen LogP contribution in [0, 0.1) is 11.2 Å². The number of benzene rings is 1. The lowest BCUT2D eigenvalue weighted by atomic mass is 9.95. The van der Waals surface area contributed by atoms with Crippen molar-refractivity contribution in [3.63, 3.8) is 0 Å². The van der Waals surface area contributed by atoms with Crippen LogP contribution < -0.4 is 5.32 Å². The molecule has 0 aliphatic carbocycles. The van der Waals surface area contributed by atoms with Gasteiger partial charge in [0.15, 0.2) is 5.82 Å². The van der Waals surface area contributed by atoms with Crippen LogP contribution in [0.5, 0.6) is 0 Å². The number of nitrogens with one attached hydrogen (secondary N) is 1. The van der Waals surface area contributed by atoms with Gasteiger partial charge in [-0.2, -0.15) is 0 Å². The van der Waals surface area contributed by atoms with Crippen molar-refractivity contribution in [2.75, 3.05) is 5.32 Å². The lowest BCUT2D eigenvalue weighted by molar-refractivity contribution is -0.123. The number of anilines is 1. The largest absolute Gasteiger partial charge is 0.326 e. The van der Waals surface area contributed by atoms with E-state index in [1.807, 2.05) is 0 Å². The maximum atomic E-state index is 13.1. The molecule has 0 saturated heterocycles. The summed E-state index contributed by atoms with van der Waals surface area (Å²) in [6, 6.07) is 2.65. The molecule has 0 unspecified atom stereocenters. The van der Waals surface area contributed by atoms with Gasteiger partial charge < -0.3 is 5.32 Å².